The van der Waals surface area contributed by atoms with Gasteiger partial charge in [0.2, 0.25) is 0 Å². The molecule has 0 aliphatic carbocycles. The van der Waals surface area contributed by atoms with E-state index in [0.29, 0.717) is 0 Å². The molecule has 86 valence electrons. The van der Waals surface area contributed by atoms with E-state index in [2.05, 4.69) is 24.6 Å². The van der Waals surface area contributed by atoms with Crippen molar-refractivity contribution in [3.8, 4) is 0 Å². The monoisotopic (exact) mass is 242 g/mol. The minimum Gasteiger partial charge on any atom is -0.289 e. The van der Waals surface area contributed by atoms with Crippen molar-refractivity contribution in [3.63, 3.8) is 0 Å². The van der Waals surface area contributed by atoms with E-state index in [-0.39, 0.29) is 5.78 Å². The zero-order chi connectivity index (χ0) is 12.0. The molecule has 1 nitrogen and oxygen atoms in total. The van der Waals surface area contributed by atoms with Gasteiger partial charge in [-0.25, -0.2) is 0 Å². The summed E-state index contributed by atoms with van der Waals surface area (Å²) in [6.45, 7) is 0. The van der Waals surface area contributed by atoms with Crippen molar-refractivity contribution in [2.75, 3.05) is 12.5 Å². The molecule has 3 rings (SSSR count). The van der Waals surface area contributed by atoms with E-state index in [0.717, 1.165) is 11.1 Å². The van der Waals surface area contributed by atoms with Crippen LogP contribution in [0.4, 0.5) is 0 Å². The van der Waals surface area contributed by atoms with Gasteiger partial charge in [-0.15, -0.1) is 0 Å². The highest BCUT2D eigenvalue weighted by molar-refractivity contribution is 8.32. The third kappa shape index (κ3) is 1.37. The molecule has 0 saturated carbocycles. The number of hydrogen-bond acceptors (Lipinski definition) is 1. The van der Waals surface area contributed by atoms with Gasteiger partial charge in [0.15, 0.2) is 5.78 Å². The Bertz CT molecular complexity index is 562. The Kier molecular flexibility index (Phi) is 2.17. The Morgan fingerprint density at radius 3 is 1.65 bits per heavy atom. The van der Waals surface area contributed by atoms with Gasteiger partial charge in [0, 0.05) is 20.9 Å². The van der Waals surface area contributed by atoms with E-state index in [1.165, 1.54) is 9.79 Å². The summed E-state index contributed by atoms with van der Waals surface area (Å²) in [5, 5.41) is 0. The number of carbonyl (C=O) groups excluding carboxylic acids is 1. The highest BCUT2D eigenvalue weighted by Crippen LogP contribution is 2.61. The summed E-state index contributed by atoms with van der Waals surface area (Å²) in [6, 6.07) is 16.0. The maximum absolute atomic E-state index is 12.4. The second kappa shape index (κ2) is 3.47. The lowest BCUT2D eigenvalue weighted by atomic mass is 10.0. The molecule has 2 aromatic carbocycles. The van der Waals surface area contributed by atoms with Crippen LogP contribution in [0.1, 0.15) is 15.9 Å². The first kappa shape index (κ1) is 10.6. The lowest BCUT2D eigenvalue weighted by Crippen LogP contribution is -2.17. The predicted molar refractivity (Wildman–Crippen MR) is 72.3 cm³/mol. The predicted octanol–water partition coefficient (Wildman–Crippen LogP) is 3.71. The number of hydrogen-bond donors (Lipinski definition) is 0. The zero-order valence-corrected chi connectivity index (χ0v) is 10.8. The maximum Gasteiger partial charge on any atom is 0.195 e. The highest BCUT2D eigenvalue weighted by atomic mass is 32.3. The Morgan fingerprint density at radius 1 is 0.765 bits per heavy atom. The molecule has 2 heteroatoms. The van der Waals surface area contributed by atoms with Crippen LogP contribution in [0.5, 0.6) is 0 Å². The SMILES string of the molecule is CS1(C)c2ccccc2C(=O)c2ccccc21. The van der Waals surface area contributed by atoms with E-state index >= 15 is 0 Å². The molecule has 1 aliphatic rings. The molecule has 0 bridgehead atoms. The molecule has 0 N–H and O–H groups in total. The van der Waals surface area contributed by atoms with Crippen LogP contribution in [0.15, 0.2) is 58.3 Å². The van der Waals surface area contributed by atoms with Gasteiger partial charge in [0.25, 0.3) is 0 Å². The van der Waals surface area contributed by atoms with E-state index in [9.17, 15) is 4.79 Å². The van der Waals surface area contributed by atoms with Crippen molar-refractivity contribution in [1.29, 1.82) is 0 Å². The van der Waals surface area contributed by atoms with Gasteiger partial charge in [-0.05, 0) is 36.8 Å². The van der Waals surface area contributed by atoms with Crippen LogP contribution in [-0.2, 0) is 0 Å². The van der Waals surface area contributed by atoms with Gasteiger partial charge in [0.05, 0.1) is 0 Å². The van der Waals surface area contributed by atoms with Crippen molar-refractivity contribution in [2.24, 2.45) is 0 Å². The molecular formula is C15H14OS. The zero-order valence-electron chi connectivity index (χ0n) is 9.94. The Hall–Kier alpha value is -1.54. The van der Waals surface area contributed by atoms with Gasteiger partial charge >= 0.3 is 0 Å². The standard InChI is InChI=1S/C15H14OS/c1-17(2)13-9-5-3-7-11(13)15(16)12-8-4-6-10-14(12)17/h3-10H,1-2H3. The van der Waals surface area contributed by atoms with Crippen LogP contribution in [0.25, 0.3) is 0 Å². The van der Waals surface area contributed by atoms with E-state index in [1.807, 2.05) is 36.4 Å². The van der Waals surface area contributed by atoms with Crippen LogP contribution in [0.3, 0.4) is 0 Å². The molecule has 1 heterocycles. The maximum atomic E-state index is 12.4. The topological polar surface area (TPSA) is 17.1 Å². The molecule has 2 aromatic rings. The molecule has 0 radical (unpaired) electrons. The number of carbonyl (C=O) groups is 1. The number of rotatable bonds is 0. The highest BCUT2D eigenvalue weighted by Gasteiger charge is 2.32. The van der Waals surface area contributed by atoms with Crippen molar-refractivity contribution < 1.29 is 4.79 Å². The summed E-state index contributed by atoms with van der Waals surface area (Å²) >= 11 is 0. The molecule has 0 aromatic heterocycles. The Labute approximate surface area is 103 Å². The van der Waals surface area contributed by atoms with E-state index < -0.39 is 10.0 Å². The first-order valence-electron chi connectivity index (χ1n) is 5.58. The van der Waals surface area contributed by atoms with Crippen LogP contribution < -0.4 is 0 Å². The van der Waals surface area contributed by atoms with E-state index in [4.69, 9.17) is 0 Å². The summed E-state index contributed by atoms with van der Waals surface area (Å²) in [4.78, 5) is 14.8. The normalized spacial score (nSPS) is 18.1. The summed E-state index contributed by atoms with van der Waals surface area (Å²) in [5.41, 5.74) is 1.76. The van der Waals surface area contributed by atoms with Gasteiger partial charge in [-0.2, -0.15) is 10.0 Å². The van der Waals surface area contributed by atoms with Crippen molar-refractivity contribution in [2.45, 2.75) is 9.79 Å². The molecule has 1 aliphatic heterocycles. The largest absolute Gasteiger partial charge is 0.289 e. The fraction of sp³-hybridized carbons (Fsp3) is 0.133. The lowest BCUT2D eigenvalue weighted by Gasteiger charge is -2.38. The molecule has 0 saturated heterocycles. The van der Waals surface area contributed by atoms with Crippen molar-refractivity contribution in [3.05, 3.63) is 59.7 Å². The summed E-state index contributed by atoms with van der Waals surface area (Å²) < 4.78 is 0. The smallest absolute Gasteiger partial charge is 0.195 e. The number of fused-ring (bicyclic) bond motifs is 2. The number of benzene rings is 2. The van der Waals surface area contributed by atoms with Crippen molar-refractivity contribution in [1.82, 2.24) is 0 Å². The van der Waals surface area contributed by atoms with Crippen LogP contribution in [0.2, 0.25) is 0 Å². The van der Waals surface area contributed by atoms with E-state index in [1.54, 1.807) is 0 Å². The lowest BCUT2D eigenvalue weighted by molar-refractivity contribution is 0.103. The van der Waals surface area contributed by atoms with Crippen LogP contribution in [-0.4, -0.2) is 18.3 Å². The minimum absolute atomic E-state index is 0.169. The average molecular weight is 242 g/mol. The fourth-order valence-corrected chi connectivity index (χ4v) is 4.96. The fourth-order valence-electron chi connectivity index (χ4n) is 2.46. The molecule has 0 amide bonds. The second-order valence-electron chi connectivity index (χ2n) is 4.65. The quantitative estimate of drug-likeness (QED) is 0.688. The summed E-state index contributed by atoms with van der Waals surface area (Å²) in [5.74, 6) is 0.169. The summed E-state index contributed by atoms with van der Waals surface area (Å²) in [7, 11) is -1.06. The molecule has 0 fully saturated rings. The molecule has 17 heavy (non-hydrogen) atoms. The van der Waals surface area contributed by atoms with Crippen molar-refractivity contribution >= 4 is 15.8 Å². The number of ketones is 1. The minimum atomic E-state index is -1.06. The van der Waals surface area contributed by atoms with Gasteiger partial charge in [0.1, 0.15) is 0 Å². The first-order chi connectivity index (χ1) is 8.12. The van der Waals surface area contributed by atoms with Crippen LogP contribution in [0, 0.1) is 0 Å². The van der Waals surface area contributed by atoms with Crippen LogP contribution >= 0.6 is 10.0 Å². The Morgan fingerprint density at radius 2 is 1.18 bits per heavy atom. The van der Waals surface area contributed by atoms with Gasteiger partial charge < -0.3 is 0 Å². The average Bonchev–Trinajstić information content (AvgIpc) is 2.37. The molecule has 0 spiro atoms. The molecular weight excluding hydrogens is 228 g/mol. The third-order valence-corrected chi connectivity index (χ3v) is 6.27. The van der Waals surface area contributed by atoms with Gasteiger partial charge in [-0.3, -0.25) is 4.79 Å². The van der Waals surface area contributed by atoms with Gasteiger partial charge in [-0.1, -0.05) is 24.3 Å². The third-order valence-electron chi connectivity index (χ3n) is 3.36. The second-order valence-corrected chi connectivity index (χ2v) is 8.18. The molecule has 0 atom stereocenters. The first-order valence-corrected chi connectivity index (χ1v) is 8.03. The summed E-state index contributed by atoms with van der Waals surface area (Å²) in [6.07, 6.45) is 4.52. The Balaban J connectivity index is 2.38. The molecule has 0 unspecified atom stereocenters.